The summed E-state index contributed by atoms with van der Waals surface area (Å²) in [7, 11) is 1.52. The number of oxazole rings is 1. The van der Waals surface area contributed by atoms with Crippen LogP contribution in [0.5, 0.6) is 11.5 Å². The number of phenols is 1. The van der Waals surface area contributed by atoms with Crippen molar-refractivity contribution in [1.82, 2.24) is 15.6 Å². The number of aromatic nitrogens is 1. The summed E-state index contributed by atoms with van der Waals surface area (Å²) in [5, 5.41) is 17.0. The Morgan fingerprint density at radius 3 is 2.08 bits per heavy atom. The van der Waals surface area contributed by atoms with E-state index in [1.165, 1.54) is 13.5 Å². The highest BCUT2D eigenvalue weighted by molar-refractivity contribution is 6.32. The van der Waals surface area contributed by atoms with Gasteiger partial charge in [-0.2, -0.15) is 0 Å². The minimum atomic E-state index is -0.393. The summed E-state index contributed by atoms with van der Waals surface area (Å²) in [5.41, 5.74) is 2.02. The van der Waals surface area contributed by atoms with Crippen LogP contribution in [0.15, 0.2) is 41.1 Å². The number of benzene rings is 2. The number of ether oxygens (including phenoxy) is 1. The van der Waals surface area contributed by atoms with Gasteiger partial charge in [-0.25, -0.2) is 4.98 Å². The molecule has 0 saturated heterocycles. The quantitative estimate of drug-likeness (QED) is 0.308. The zero-order valence-electron chi connectivity index (χ0n) is 23.0. The fraction of sp³-hybridized carbons (Fsp3) is 0.414. The summed E-state index contributed by atoms with van der Waals surface area (Å²) in [6.07, 6.45) is 1.72. The molecule has 1 heterocycles. The Balaban J connectivity index is 1.60. The van der Waals surface area contributed by atoms with Crippen LogP contribution in [0.1, 0.15) is 79.9 Å². The van der Waals surface area contributed by atoms with Gasteiger partial charge in [-0.05, 0) is 47.6 Å². The van der Waals surface area contributed by atoms with E-state index >= 15 is 0 Å². The van der Waals surface area contributed by atoms with Crippen LogP contribution >= 0.6 is 11.6 Å². The normalized spacial score (nSPS) is 11.8. The predicted octanol–water partition coefficient (Wildman–Crippen LogP) is 5.85. The highest BCUT2D eigenvalue weighted by Gasteiger charge is 2.28. The van der Waals surface area contributed by atoms with Crippen molar-refractivity contribution in [3.8, 4) is 22.8 Å². The number of aromatic hydroxyl groups is 1. The maximum absolute atomic E-state index is 13.0. The standard InChI is InChI=1S/C29H36ClN3O5/c1-28(2,3)19-13-18(14-20(24(19)34)29(4,5)6)26(35)31-11-8-12-32-27(36)23-25(38-16-33-23)17-9-10-22(37-7)21(30)15-17/h9-10,13-16,34H,8,11-12H2,1-7H3,(H,31,35)(H,32,36). The fourth-order valence-electron chi connectivity index (χ4n) is 4.01. The third kappa shape index (κ3) is 6.67. The number of phenolic OH excluding ortho intramolecular Hbond substituents is 1. The van der Waals surface area contributed by atoms with E-state index in [-0.39, 0.29) is 28.2 Å². The van der Waals surface area contributed by atoms with Crippen molar-refractivity contribution in [2.45, 2.75) is 58.8 Å². The van der Waals surface area contributed by atoms with E-state index in [4.69, 9.17) is 20.8 Å². The summed E-state index contributed by atoms with van der Waals surface area (Å²) in [6.45, 7) is 12.7. The molecular formula is C29H36ClN3O5. The van der Waals surface area contributed by atoms with Crippen LogP contribution in [0.2, 0.25) is 5.02 Å². The Kier molecular flexibility index (Phi) is 8.77. The van der Waals surface area contributed by atoms with Crippen molar-refractivity contribution in [3.05, 3.63) is 64.1 Å². The summed E-state index contributed by atoms with van der Waals surface area (Å²) in [4.78, 5) is 29.7. The van der Waals surface area contributed by atoms with E-state index in [0.29, 0.717) is 47.2 Å². The number of methoxy groups -OCH3 is 1. The molecule has 204 valence electrons. The number of halogens is 1. The lowest BCUT2D eigenvalue weighted by Crippen LogP contribution is -2.30. The number of carbonyl (C=O) groups is 2. The van der Waals surface area contributed by atoms with E-state index in [1.54, 1.807) is 30.3 Å². The fourth-order valence-corrected chi connectivity index (χ4v) is 4.27. The molecular weight excluding hydrogens is 506 g/mol. The van der Waals surface area contributed by atoms with Crippen molar-refractivity contribution >= 4 is 23.4 Å². The molecule has 2 amide bonds. The summed E-state index contributed by atoms with van der Waals surface area (Å²) < 4.78 is 10.6. The van der Waals surface area contributed by atoms with E-state index in [9.17, 15) is 14.7 Å². The molecule has 3 aromatic rings. The van der Waals surface area contributed by atoms with Gasteiger partial charge in [-0.15, -0.1) is 0 Å². The molecule has 2 aromatic carbocycles. The average molecular weight is 542 g/mol. The molecule has 8 nitrogen and oxygen atoms in total. The molecule has 3 rings (SSSR count). The zero-order valence-corrected chi connectivity index (χ0v) is 23.7. The van der Waals surface area contributed by atoms with Crippen LogP contribution in [0, 0.1) is 0 Å². The van der Waals surface area contributed by atoms with Crippen LogP contribution in [0.3, 0.4) is 0 Å². The maximum atomic E-state index is 13.0. The smallest absolute Gasteiger partial charge is 0.273 e. The van der Waals surface area contributed by atoms with Gasteiger partial charge in [0.25, 0.3) is 11.8 Å². The number of amides is 2. The Morgan fingerprint density at radius 2 is 1.55 bits per heavy atom. The zero-order chi connectivity index (χ0) is 28.3. The molecule has 1 aromatic heterocycles. The molecule has 0 bridgehead atoms. The second kappa shape index (κ2) is 11.5. The van der Waals surface area contributed by atoms with Crippen molar-refractivity contribution in [3.63, 3.8) is 0 Å². The number of carbonyl (C=O) groups excluding carboxylic acids is 2. The van der Waals surface area contributed by atoms with E-state index < -0.39 is 5.91 Å². The Bertz CT molecular complexity index is 1280. The SMILES string of the molecule is COc1ccc(-c2ocnc2C(=O)NCCCNC(=O)c2cc(C(C)(C)C)c(O)c(C(C)(C)C)c2)cc1Cl. The molecule has 0 aliphatic carbocycles. The largest absolute Gasteiger partial charge is 0.507 e. The summed E-state index contributed by atoms with van der Waals surface area (Å²) in [6, 6.07) is 8.57. The Hall–Kier alpha value is -3.52. The van der Waals surface area contributed by atoms with Gasteiger partial charge >= 0.3 is 0 Å². The number of rotatable bonds is 8. The minimum Gasteiger partial charge on any atom is -0.507 e. The van der Waals surface area contributed by atoms with Gasteiger partial charge in [0.2, 0.25) is 0 Å². The van der Waals surface area contributed by atoms with Crippen LogP contribution in [0.25, 0.3) is 11.3 Å². The first-order chi connectivity index (χ1) is 17.7. The van der Waals surface area contributed by atoms with Crippen LogP contribution in [-0.2, 0) is 10.8 Å². The number of hydrogen-bond acceptors (Lipinski definition) is 6. The molecule has 0 aliphatic heterocycles. The molecule has 3 N–H and O–H groups in total. The minimum absolute atomic E-state index is 0.142. The first-order valence-electron chi connectivity index (χ1n) is 12.5. The summed E-state index contributed by atoms with van der Waals surface area (Å²) in [5.74, 6) is 0.419. The Labute approximate surface area is 228 Å². The van der Waals surface area contributed by atoms with Gasteiger partial charge in [0, 0.05) is 35.3 Å². The van der Waals surface area contributed by atoms with Crippen molar-refractivity contribution in [2.24, 2.45) is 0 Å². The average Bonchev–Trinajstić information content (AvgIpc) is 3.32. The van der Waals surface area contributed by atoms with Crippen molar-refractivity contribution < 1.29 is 23.8 Å². The highest BCUT2D eigenvalue weighted by atomic mass is 35.5. The van der Waals surface area contributed by atoms with Gasteiger partial charge in [0.1, 0.15) is 11.5 Å². The molecule has 38 heavy (non-hydrogen) atoms. The molecule has 9 heteroatoms. The highest BCUT2D eigenvalue weighted by Crippen LogP contribution is 2.39. The molecule has 0 fully saturated rings. The van der Waals surface area contributed by atoms with E-state index in [2.05, 4.69) is 15.6 Å². The van der Waals surface area contributed by atoms with Gasteiger partial charge in [0.15, 0.2) is 17.8 Å². The third-order valence-corrected chi connectivity index (χ3v) is 6.40. The molecule has 0 saturated carbocycles. The first kappa shape index (κ1) is 29.0. The lowest BCUT2D eigenvalue weighted by Gasteiger charge is -2.28. The Morgan fingerprint density at radius 1 is 0.974 bits per heavy atom. The number of hydrogen-bond donors (Lipinski definition) is 3. The van der Waals surface area contributed by atoms with Crippen molar-refractivity contribution in [2.75, 3.05) is 20.2 Å². The maximum Gasteiger partial charge on any atom is 0.273 e. The lowest BCUT2D eigenvalue weighted by molar-refractivity contribution is 0.0948. The van der Waals surface area contributed by atoms with Crippen LogP contribution < -0.4 is 15.4 Å². The topological polar surface area (TPSA) is 114 Å². The van der Waals surface area contributed by atoms with Gasteiger partial charge in [0.05, 0.1) is 12.1 Å². The van der Waals surface area contributed by atoms with E-state index in [1.807, 2.05) is 41.5 Å². The van der Waals surface area contributed by atoms with Crippen LogP contribution in [0.4, 0.5) is 0 Å². The molecule has 0 unspecified atom stereocenters. The third-order valence-electron chi connectivity index (χ3n) is 6.11. The van der Waals surface area contributed by atoms with E-state index in [0.717, 1.165) is 11.1 Å². The molecule has 0 spiro atoms. The second-order valence-corrected chi connectivity index (χ2v) is 11.6. The number of nitrogens with zero attached hydrogens (tertiary/aromatic N) is 1. The molecule has 0 radical (unpaired) electrons. The number of nitrogens with one attached hydrogen (secondary N) is 2. The molecule has 0 aliphatic rings. The van der Waals surface area contributed by atoms with Crippen LogP contribution in [-0.4, -0.2) is 42.1 Å². The first-order valence-corrected chi connectivity index (χ1v) is 12.8. The van der Waals surface area contributed by atoms with Gasteiger partial charge in [-0.3, -0.25) is 9.59 Å². The van der Waals surface area contributed by atoms with Crippen molar-refractivity contribution in [1.29, 1.82) is 0 Å². The second-order valence-electron chi connectivity index (χ2n) is 11.2. The van der Waals surface area contributed by atoms with Gasteiger partial charge < -0.3 is 24.9 Å². The summed E-state index contributed by atoms with van der Waals surface area (Å²) >= 11 is 6.20. The predicted molar refractivity (Wildman–Crippen MR) is 148 cm³/mol. The van der Waals surface area contributed by atoms with Gasteiger partial charge in [-0.1, -0.05) is 53.1 Å². The molecule has 0 atom stereocenters. The lowest BCUT2D eigenvalue weighted by atomic mass is 9.78. The monoisotopic (exact) mass is 541 g/mol.